The number of pyridine rings is 1. The standard InChI is InChI=1S/C15H15N/c1-2-12-4-6-14-9-15(11-16-10-14)7-5-13(3-1)8-12/h1-3,8-11H,4-7H2. The zero-order chi connectivity index (χ0) is 10.8. The molecule has 0 spiro atoms. The van der Waals surface area contributed by atoms with Crippen LogP contribution in [-0.4, -0.2) is 4.98 Å². The van der Waals surface area contributed by atoms with Crippen LogP contribution in [0.15, 0.2) is 42.7 Å². The van der Waals surface area contributed by atoms with Gasteiger partial charge in [0, 0.05) is 12.4 Å². The lowest BCUT2D eigenvalue weighted by Crippen LogP contribution is -2.00. The molecular formula is C15H15N. The Morgan fingerprint density at radius 1 is 0.688 bits per heavy atom. The molecule has 1 heterocycles. The largest absolute Gasteiger partial charge is 0.264 e. The van der Waals surface area contributed by atoms with Gasteiger partial charge in [-0.1, -0.05) is 30.3 Å². The highest BCUT2D eigenvalue weighted by Crippen LogP contribution is 2.15. The van der Waals surface area contributed by atoms with Crippen molar-refractivity contribution in [2.45, 2.75) is 25.7 Å². The lowest BCUT2D eigenvalue weighted by Gasteiger charge is -2.10. The SMILES string of the molecule is c1cc2cc(c1)CCc1cncc(c1)CC2. The Morgan fingerprint density at radius 3 is 1.81 bits per heavy atom. The maximum absolute atomic E-state index is 4.32. The molecule has 0 aliphatic heterocycles. The van der Waals surface area contributed by atoms with Gasteiger partial charge in [0.05, 0.1) is 0 Å². The van der Waals surface area contributed by atoms with E-state index in [0.717, 1.165) is 25.7 Å². The molecule has 1 aliphatic carbocycles. The van der Waals surface area contributed by atoms with E-state index in [1.807, 2.05) is 12.4 Å². The van der Waals surface area contributed by atoms with Crippen molar-refractivity contribution in [3.05, 3.63) is 65.0 Å². The van der Waals surface area contributed by atoms with Crippen molar-refractivity contribution < 1.29 is 0 Å². The van der Waals surface area contributed by atoms with Crippen LogP contribution in [-0.2, 0) is 25.7 Å². The van der Waals surface area contributed by atoms with E-state index in [-0.39, 0.29) is 0 Å². The third-order valence-corrected chi connectivity index (χ3v) is 3.25. The zero-order valence-electron chi connectivity index (χ0n) is 9.32. The van der Waals surface area contributed by atoms with Crippen molar-refractivity contribution in [1.29, 1.82) is 0 Å². The minimum atomic E-state index is 1.10. The van der Waals surface area contributed by atoms with Gasteiger partial charge in [-0.3, -0.25) is 4.98 Å². The number of aromatic nitrogens is 1. The topological polar surface area (TPSA) is 12.9 Å². The second-order valence-corrected chi connectivity index (χ2v) is 4.52. The van der Waals surface area contributed by atoms with Crippen LogP contribution >= 0.6 is 0 Å². The molecule has 0 unspecified atom stereocenters. The number of hydrogen-bond acceptors (Lipinski definition) is 1. The fraction of sp³-hybridized carbons (Fsp3) is 0.267. The Labute approximate surface area is 96.2 Å². The van der Waals surface area contributed by atoms with E-state index in [4.69, 9.17) is 0 Å². The smallest absolute Gasteiger partial charge is 0.0300 e. The first-order chi connectivity index (χ1) is 7.90. The van der Waals surface area contributed by atoms with Crippen molar-refractivity contribution in [1.82, 2.24) is 4.98 Å². The van der Waals surface area contributed by atoms with E-state index in [9.17, 15) is 0 Å². The second kappa shape index (κ2) is 4.09. The van der Waals surface area contributed by atoms with Gasteiger partial charge in [-0.15, -0.1) is 0 Å². The quantitative estimate of drug-likeness (QED) is 0.650. The average Bonchev–Trinajstić information content (AvgIpc) is 2.34. The Kier molecular flexibility index (Phi) is 2.45. The van der Waals surface area contributed by atoms with Gasteiger partial charge < -0.3 is 0 Å². The molecule has 2 aromatic rings. The van der Waals surface area contributed by atoms with E-state index in [0.29, 0.717) is 0 Å². The van der Waals surface area contributed by atoms with E-state index in [1.54, 1.807) is 0 Å². The Hall–Kier alpha value is -1.63. The third-order valence-electron chi connectivity index (χ3n) is 3.25. The first-order valence-corrected chi connectivity index (χ1v) is 5.91. The second-order valence-electron chi connectivity index (χ2n) is 4.52. The van der Waals surface area contributed by atoms with Crippen molar-refractivity contribution in [3.8, 4) is 0 Å². The van der Waals surface area contributed by atoms with Gasteiger partial charge in [-0.25, -0.2) is 0 Å². The van der Waals surface area contributed by atoms with E-state index < -0.39 is 0 Å². The summed E-state index contributed by atoms with van der Waals surface area (Å²) in [6.07, 6.45) is 8.44. The summed E-state index contributed by atoms with van der Waals surface area (Å²) < 4.78 is 0. The zero-order valence-corrected chi connectivity index (χ0v) is 9.32. The molecule has 0 fully saturated rings. The van der Waals surface area contributed by atoms with Crippen LogP contribution in [0.3, 0.4) is 0 Å². The summed E-state index contributed by atoms with van der Waals surface area (Å²) in [6, 6.07) is 11.3. The summed E-state index contributed by atoms with van der Waals surface area (Å²) in [4.78, 5) is 4.32. The molecule has 80 valence electrons. The minimum absolute atomic E-state index is 1.10. The van der Waals surface area contributed by atoms with Crippen molar-refractivity contribution in [2.75, 3.05) is 0 Å². The van der Waals surface area contributed by atoms with Gasteiger partial charge in [0.2, 0.25) is 0 Å². The van der Waals surface area contributed by atoms with E-state index >= 15 is 0 Å². The van der Waals surface area contributed by atoms with Crippen molar-refractivity contribution in [2.24, 2.45) is 0 Å². The Bertz CT molecular complexity index is 416. The first kappa shape index (κ1) is 9.59. The van der Waals surface area contributed by atoms with Crippen LogP contribution in [0.1, 0.15) is 22.3 Å². The fourth-order valence-corrected chi connectivity index (χ4v) is 2.33. The molecule has 1 aromatic carbocycles. The highest BCUT2D eigenvalue weighted by atomic mass is 14.6. The molecule has 0 atom stereocenters. The molecule has 0 saturated heterocycles. The van der Waals surface area contributed by atoms with Gasteiger partial charge in [0.15, 0.2) is 0 Å². The summed E-state index contributed by atoms with van der Waals surface area (Å²) in [5.41, 5.74) is 5.63. The summed E-state index contributed by atoms with van der Waals surface area (Å²) in [5, 5.41) is 0. The van der Waals surface area contributed by atoms with Crippen LogP contribution in [0, 0.1) is 0 Å². The third kappa shape index (κ3) is 1.99. The normalized spacial score (nSPS) is 14.5. The molecule has 16 heavy (non-hydrogen) atoms. The van der Waals surface area contributed by atoms with Gasteiger partial charge >= 0.3 is 0 Å². The molecule has 0 N–H and O–H groups in total. The lowest BCUT2D eigenvalue weighted by molar-refractivity contribution is 0.890. The summed E-state index contributed by atoms with van der Waals surface area (Å²) in [7, 11) is 0. The van der Waals surface area contributed by atoms with E-state index in [2.05, 4.69) is 35.3 Å². The summed E-state index contributed by atoms with van der Waals surface area (Å²) >= 11 is 0. The molecule has 1 nitrogen and oxygen atoms in total. The van der Waals surface area contributed by atoms with Crippen LogP contribution in [0.25, 0.3) is 0 Å². The molecule has 0 radical (unpaired) electrons. The number of fused-ring (bicyclic) bond motifs is 4. The van der Waals surface area contributed by atoms with Crippen LogP contribution < -0.4 is 0 Å². The number of rotatable bonds is 0. The highest BCUT2D eigenvalue weighted by molar-refractivity contribution is 5.28. The number of benzene rings is 1. The maximum atomic E-state index is 4.32. The minimum Gasteiger partial charge on any atom is -0.264 e. The lowest BCUT2D eigenvalue weighted by atomic mass is 9.97. The molecule has 1 heteroatoms. The molecular weight excluding hydrogens is 194 g/mol. The molecule has 0 amide bonds. The van der Waals surface area contributed by atoms with Gasteiger partial charge in [0.25, 0.3) is 0 Å². The van der Waals surface area contributed by atoms with Crippen molar-refractivity contribution in [3.63, 3.8) is 0 Å². The van der Waals surface area contributed by atoms with Gasteiger partial charge in [-0.2, -0.15) is 0 Å². The average molecular weight is 209 g/mol. The first-order valence-electron chi connectivity index (χ1n) is 5.91. The molecule has 3 rings (SSSR count). The van der Waals surface area contributed by atoms with Crippen LogP contribution in [0.4, 0.5) is 0 Å². The molecule has 1 aliphatic rings. The Morgan fingerprint density at radius 2 is 1.19 bits per heavy atom. The maximum Gasteiger partial charge on any atom is 0.0300 e. The fourth-order valence-electron chi connectivity index (χ4n) is 2.33. The number of nitrogens with zero attached hydrogens (tertiary/aromatic N) is 1. The molecule has 1 aromatic heterocycles. The predicted molar refractivity (Wildman–Crippen MR) is 65.5 cm³/mol. The Balaban J connectivity index is 1.98. The predicted octanol–water partition coefficient (Wildman–Crippen LogP) is 2.97. The van der Waals surface area contributed by atoms with Gasteiger partial charge in [-0.05, 0) is 47.9 Å². The van der Waals surface area contributed by atoms with E-state index in [1.165, 1.54) is 22.3 Å². The van der Waals surface area contributed by atoms with Gasteiger partial charge in [0.1, 0.15) is 0 Å². The summed E-state index contributed by atoms with van der Waals surface area (Å²) in [6.45, 7) is 0. The summed E-state index contributed by atoms with van der Waals surface area (Å²) in [5.74, 6) is 0. The molecule has 0 saturated carbocycles. The van der Waals surface area contributed by atoms with Crippen LogP contribution in [0.2, 0.25) is 0 Å². The monoisotopic (exact) mass is 209 g/mol. The highest BCUT2D eigenvalue weighted by Gasteiger charge is 2.04. The number of hydrogen-bond donors (Lipinski definition) is 0. The van der Waals surface area contributed by atoms with Crippen LogP contribution in [0.5, 0.6) is 0 Å². The number of aryl methyl sites for hydroxylation is 4. The van der Waals surface area contributed by atoms with Crippen molar-refractivity contribution >= 4 is 0 Å². The molecule has 4 bridgehead atoms.